The minimum Gasteiger partial charge on any atom is -0.342 e. The van der Waals surface area contributed by atoms with Crippen molar-refractivity contribution in [3.05, 3.63) is 65.0 Å². The molecule has 6 nitrogen and oxygen atoms in total. The van der Waals surface area contributed by atoms with Crippen LogP contribution in [0.5, 0.6) is 0 Å². The van der Waals surface area contributed by atoms with Crippen molar-refractivity contribution in [3.63, 3.8) is 0 Å². The highest BCUT2D eigenvalue weighted by Gasteiger charge is 2.33. The van der Waals surface area contributed by atoms with Gasteiger partial charge in [-0.05, 0) is 42.7 Å². The third-order valence-electron chi connectivity index (χ3n) is 5.65. The van der Waals surface area contributed by atoms with Gasteiger partial charge in [-0.3, -0.25) is 9.78 Å². The van der Waals surface area contributed by atoms with E-state index in [1.54, 1.807) is 29.3 Å². The van der Waals surface area contributed by atoms with Gasteiger partial charge in [0.2, 0.25) is 5.91 Å². The summed E-state index contributed by atoms with van der Waals surface area (Å²) in [5, 5.41) is 0. The molecule has 1 saturated heterocycles. The van der Waals surface area contributed by atoms with E-state index < -0.39 is 11.0 Å². The summed E-state index contributed by atoms with van der Waals surface area (Å²) in [7, 11) is 0. The number of halogens is 1. The molecule has 1 aromatic carbocycles. The minimum absolute atomic E-state index is 0.0610. The Kier molecular flexibility index (Phi) is 5.52. The topological polar surface area (TPSA) is 68.3 Å². The molecule has 0 atom stereocenters. The number of pyridine rings is 1. The fraction of sp³-hybridized carbons (Fsp3) is 0.375. The molecule has 7 heteroatoms. The molecular formula is C24H26FN3O3. The van der Waals surface area contributed by atoms with E-state index >= 15 is 0 Å². The summed E-state index contributed by atoms with van der Waals surface area (Å²) in [6.45, 7) is 6.96. The Bertz CT molecular complexity index is 1120. The molecule has 0 unspecified atom stereocenters. The van der Waals surface area contributed by atoms with Crippen molar-refractivity contribution in [1.82, 2.24) is 14.6 Å². The number of hydrogen-bond acceptors (Lipinski definition) is 4. The lowest BCUT2D eigenvalue weighted by Gasteiger charge is -2.35. The van der Waals surface area contributed by atoms with Crippen molar-refractivity contribution in [2.45, 2.75) is 39.7 Å². The first-order valence-electron chi connectivity index (χ1n) is 10.5. The Balaban J connectivity index is 1.72. The van der Waals surface area contributed by atoms with Gasteiger partial charge >= 0.3 is 5.63 Å². The molecule has 0 spiro atoms. The van der Waals surface area contributed by atoms with E-state index in [0.29, 0.717) is 42.8 Å². The number of rotatable bonds is 3. The fourth-order valence-electron chi connectivity index (χ4n) is 4.07. The average molecular weight is 423 g/mol. The van der Waals surface area contributed by atoms with Crippen LogP contribution in [-0.2, 0) is 4.79 Å². The van der Waals surface area contributed by atoms with Gasteiger partial charge in [-0.25, -0.2) is 13.9 Å². The molecule has 1 aliphatic rings. The third kappa shape index (κ3) is 4.17. The molecule has 0 bridgehead atoms. The van der Waals surface area contributed by atoms with Crippen molar-refractivity contribution in [2.24, 2.45) is 5.41 Å². The van der Waals surface area contributed by atoms with Crippen molar-refractivity contribution >= 4 is 5.91 Å². The maximum atomic E-state index is 13.5. The third-order valence-corrected chi connectivity index (χ3v) is 5.65. The molecule has 162 valence electrons. The van der Waals surface area contributed by atoms with Crippen molar-refractivity contribution in [1.29, 1.82) is 0 Å². The number of amides is 1. The van der Waals surface area contributed by atoms with E-state index in [4.69, 9.17) is 4.52 Å². The number of piperidine rings is 1. The van der Waals surface area contributed by atoms with Crippen molar-refractivity contribution in [3.8, 4) is 22.4 Å². The second kappa shape index (κ2) is 8.13. The van der Waals surface area contributed by atoms with Crippen LogP contribution in [0.1, 0.15) is 39.7 Å². The molecule has 1 fully saturated rings. The number of hydrogen-bond donors (Lipinski definition) is 0. The van der Waals surface area contributed by atoms with Crippen LogP contribution in [0, 0.1) is 11.2 Å². The predicted molar refractivity (Wildman–Crippen MR) is 116 cm³/mol. The lowest BCUT2D eigenvalue weighted by atomic mass is 9.93. The fourth-order valence-corrected chi connectivity index (χ4v) is 4.07. The molecule has 2 aromatic heterocycles. The molecule has 0 N–H and O–H groups in total. The molecule has 31 heavy (non-hydrogen) atoms. The summed E-state index contributed by atoms with van der Waals surface area (Å²) >= 11 is 0. The van der Waals surface area contributed by atoms with Crippen LogP contribution in [0.2, 0.25) is 0 Å². The van der Waals surface area contributed by atoms with E-state index in [-0.39, 0.29) is 17.8 Å². The molecular weight excluding hydrogens is 397 g/mol. The number of likely N-dealkylation sites (tertiary alicyclic amines) is 1. The van der Waals surface area contributed by atoms with Gasteiger partial charge in [-0.15, -0.1) is 0 Å². The zero-order valence-electron chi connectivity index (χ0n) is 18.0. The first-order chi connectivity index (χ1) is 14.8. The number of aromatic nitrogens is 2. The number of benzene rings is 1. The molecule has 0 saturated carbocycles. The second-order valence-corrected chi connectivity index (χ2v) is 8.94. The molecule has 0 aliphatic carbocycles. The minimum atomic E-state index is -0.466. The normalized spacial score (nSPS) is 15.3. The van der Waals surface area contributed by atoms with E-state index in [1.807, 2.05) is 37.8 Å². The smallest absolute Gasteiger partial charge is 0.342 e. The summed E-state index contributed by atoms with van der Waals surface area (Å²) < 4.78 is 20.9. The summed E-state index contributed by atoms with van der Waals surface area (Å²) in [6.07, 6.45) is 4.69. The zero-order chi connectivity index (χ0) is 22.2. The summed E-state index contributed by atoms with van der Waals surface area (Å²) in [5.74, 6) is -0.241. The summed E-state index contributed by atoms with van der Waals surface area (Å²) in [5.41, 5.74) is 1.56. The van der Waals surface area contributed by atoms with Gasteiger partial charge in [0, 0.05) is 36.5 Å². The number of carbonyl (C=O) groups excluding carboxylic acids is 1. The Labute approximate surface area is 180 Å². The highest BCUT2D eigenvalue weighted by atomic mass is 19.1. The number of nitrogens with zero attached hydrogens (tertiary/aromatic N) is 3. The van der Waals surface area contributed by atoms with E-state index in [0.717, 1.165) is 5.56 Å². The Morgan fingerprint density at radius 1 is 1.03 bits per heavy atom. The average Bonchev–Trinajstić information content (AvgIpc) is 3.11. The summed E-state index contributed by atoms with van der Waals surface area (Å²) in [4.78, 5) is 31.5. The van der Waals surface area contributed by atoms with Crippen molar-refractivity contribution in [2.75, 3.05) is 13.1 Å². The molecule has 3 aromatic rings. The van der Waals surface area contributed by atoms with Gasteiger partial charge in [0.25, 0.3) is 0 Å². The van der Waals surface area contributed by atoms with E-state index in [1.165, 1.54) is 12.1 Å². The Morgan fingerprint density at radius 2 is 1.65 bits per heavy atom. The Hall–Kier alpha value is -3.22. The lowest BCUT2D eigenvalue weighted by molar-refractivity contribution is -0.141. The first-order valence-corrected chi connectivity index (χ1v) is 10.5. The molecule has 1 aliphatic heterocycles. The maximum absolute atomic E-state index is 13.5. The van der Waals surface area contributed by atoms with Gasteiger partial charge in [0.1, 0.15) is 5.82 Å². The standard InChI is InChI=1S/C24H26FN3O3/c1-24(2,3)23(30)27-14-10-19(11-15-27)28-21(17-8-12-26-13-9-17)20(22(29)31-28)16-4-6-18(25)7-5-16/h4-9,12-13,19H,10-11,14-15H2,1-3H3. The monoisotopic (exact) mass is 423 g/mol. The molecule has 0 radical (unpaired) electrons. The zero-order valence-corrected chi connectivity index (χ0v) is 18.0. The number of carbonyl (C=O) groups is 1. The van der Waals surface area contributed by atoms with Gasteiger partial charge in [-0.2, -0.15) is 0 Å². The van der Waals surface area contributed by atoms with Crippen LogP contribution in [0.3, 0.4) is 0 Å². The van der Waals surface area contributed by atoms with Gasteiger partial charge in [0.05, 0.1) is 17.3 Å². The quantitative estimate of drug-likeness (QED) is 0.621. The maximum Gasteiger partial charge on any atom is 0.365 e. The summed E-state index contributed by atoms with van der Waals surface area (Å²) in [6, 6.07) is 9.42. The molecule has 3 heterocycles. The molecule has 4 rings (SSSR count). The van der Waals surface area contributed by atoms with Crippen molar-refractivity contribution < 1.29 is 13.7 Å². The largest absolute Gasteiger partial charge is 0.365 e. The molecule has 1 amide bonds. The SMILES string of the molecule is CC(C)(C)C(=O)N1CCC(n2oc(=O)c(-c3ccc(F)cc3)c2-c2ccncc2)CC1. The predicted octanol–water partition coefficient (Wildman–Crippen LogP) is 4.52. The van der Waals surface area contributed by atoms with Crippen LogP contribution < -0.4 is 5.63 Å². The highest BCUT2D eigenvalue weighted by molar-refractivity contribution is 5.82. The van der Waals surface area contributed by atoms with E-state index in [2.05, 4.69) is 4.98 Å². The van der Waals surface area contributed by atoms with Gasteiger partial charge < -0.3 is 9.42 Å². The van der Waals surface area contributed by atoms with E-state index in [9.17, 15) is 14.0 Å². The van der Waals surface area contributed by atoms with Crippen LogP contribution >= 0.6 is 0 Å². The second-order valence-electron chi connectivity index (χ2n) is 8.94. The highest BCUT2D eigenvalue weighted by Crippen LogP contribution is 2.35. The van der Waals surface area contributed by atoms with Crippen LogP contribution in [-0.4, -0.2) is 33.6 Å². The van der Waals surface area contributed by atoms with Gasteiger partial charge in [-0.1, -0.05) is 32.9 Å². The first kappa shape index (κ1) is 21.0. The Morgan fingerprint density at radius 3 is 2.23 bits per heavy atom. The van der Waals surface area contributed by atoms with Crippen LogP contribution in [0.4, 0.5) is 4.39 Å². The lowest BCUT2D eigenvalue weighted by Crippen LogP contribution is -2.44. The van der Waals surface area contributed by atoms with Crippen LogP contribution in [0.25, 0.3) is 22.4 Å². The van der Waals surface area contributed by atoms with Crippen LogP contribution in [0.15, 0.2) is 58.1 Å². The van der Waals surface area contributed by atoms with Gasteiger partial charge in [0.15, 0.2) is 0 Å².